The number of hydrogen-bond acceptors (Lipinski definition) is 5. The van der Waals surface area contributed by atoms with Gasteiger partial charge in [-0.2, -0.15) is 11.8 Å². The number of aliphatic imine (C=N–C) groups is 1. The lowest BCUT2D eigenvalue weighted by Gasteiger charge is -2.23. The Morgan fingerprint density at radius 2 is 2.21 bits per heavy atom. The lowest BCUT2D eigenvalue weighted by Crippen LogP contribution is -2.48. The van der Waals surface area contributed by atoms with Gasteiger partial charge in [-0.15, -0.1) is 11.3 Å². The highest BCUT2D eigenvalue weighted by Gasteiger charge is 2.31. The maximum absolute atomic E-state index is 10.4. The number of fused-ring (bicyclic) bond motifs is 1. The summed E-state index contributed by atoms with van der Waals surface area (Å²) in [4.78, 5) is 5.09. The predicted molar refractivity (Wildman–Crippen MR) is 103 cm³/mol. The van der Waals surface area contributed by atoms with E-state index in [9.17, 15) is 10.2 Å². The number of nitrogens with zero attached hydrogens (tertiary/aromatic N) is 1. The normalized spacial score (nSPS) is 22.7. The summed E-state index contributed by atoms with van der Waals surface area (Å²) in [5.74, 6) is 2.34. The van der Waals surface area contributed by atoms with Crippen molar-refractivity contribution in [2.75, 3.05) is 31.6 Å². The summed E-state index contributed by atoms with van der Waals surface area (Å²) in [7, 11) is 1.69. The summed E-state index contributed by atoms with van der Waals surface area (Å²) in [5, 5.41) is 28.2. The molecule has 0 bridgehead atoms. The lowest BCUT2D eigenvalue weighted by atomic mass is 10.0. The Hall–Kier alpha value is -1.28. The van der Waals surface area contributed by atoms with Crippen LogP contribution in [-0.4, -0.2) is 53.4 Å². The molecular formula is C17H23N3O2S2. The summed E-state index contributed by atoms with van der Waals surface area (Å²) >= 11 is 3.37. The molecule has 0 radical (unpaired) electrons. The van der Waals surface area contributed by atoms with Crippen LogP contribution in [0.4, 0.5) is 0 Å². The smallest absolute Gasteiger partial charge is 0.191 e. The summed E-state index contributed by atoms with van der Waals surface area (Å²) in [6, 6.07) is 10.1. The van der Waals surface area contributed by atoms with Gasteiger partial charge in [0.25, 0.3) is 0 Å². The molecule has 1 aromatic heterocycles. The van der Waals surface area contributed by atoms with Crippen molar-refractivity contribution in [3.63, 3.8) is 0 Å². The zero-order valence-electron chi connectivity index (χ0n) is 13.7. The molecule has 1 aliphatic rings. The lowest BCUT2D eigenvalue weighted by molar-refractivity contribution is 0.0723. The number of thiophene rings is 1. The number of aliphatic hydroxyl groups excluding tert-OH is 1. The number of rotatable bonds is 5. The van der Waals surface area contributed by atoms with Crippen LogP contribution in [0.5, 0.6) is 0 Å². The fraction of sp³-hybridized carbons (Fsp3) is 0.471. The molecule has 2 heterocycles. The minimum absolute atomic E-state index is 0.375. The molecule has 1 aromatic carbocycles. The van der Waals surface area contributed by atoms with Crippen molar-refractivity contribution in [3.05, 3.63) is 35.2 Å². The summed E-state index contributed by atoms with van der Waals surface area (Å²) in [6.45, 7) is 0.846. The van der Waals surface area contributed by atoms with Crippen molar-refractivity contribution in [2.45, 2.75) is 18.1 Å². The molecule has 0 amide bonds. The van der Waals surface area contributed by atoms with E-state index in [-0.39, 0.29) is 0 Å². The first-order valence-electron chi connectivity index (χ1n) is 8.01. The Bertz CT molecular complexity index is 678. The Kier molecular flexibility index (Phi) is 5.65. The van der Waals surface area contributed by atoms with Crippen LogP contribution < -0.4 is 10.6 Å². The molecule has 5 nitrogen and oxygen atoms in total. The van der Waals surface area contributed by atoms with Crippen LogP contribution in [0.15, 0.2) is 35.3 Å². The summed E-state index contributed by atoms with van der Waals surface area (Å²) in [5.41, 5.74) is -0.660. The first-order chi connectivity index (χ1) is 11.6. The topological polar surface area (TPSA) is 76.9 Å². The molecule has 4 N–H and O–H groups in total. The van der Waals surface area contributed by atoms with Crippen LogP contribution in [-0.2, 0) is 0 Å². The Balaban J connectivity index is 1.53. The Labute approximate surface area is 150 Å². The zero-order chi connectivity index (χ0) is 17.0. The first-order valence-corrected chi connectivity index (χ1v) is 9.98. The van der Waals surface area contributed by atoms with Crippen LogP contribution in [0.1, 0.15) is 17.4 Å². The maximum atomic E-state index is 10.4. The molecule has 7 heteroatoms. The van der Waals surface area contributed by atoms with Crippen molar-refractivity contribution in [3.8, 4) is 0 Å². The molecule has 24 heavy (non-hydrogen) atoms. The van der Waals surface area contributed by atoms with Gasteiger partial charge in [-0.1, -0.05) is 18.2 Å². The van der Waals surface area contributed by atoms with Gasteiger partial charge in [-0.05, 0) is 29.7 Å². The molecule has 3 rings (SSSR count). The van der Waals surface area contributed by atoms with E-state index in [4.69, 9.17) is 0 Å². The third-order valence-electron chi connectivity index (χ3n) is 4.13. The highest BCUT2D eigenvalue weighted by molar-refractivity contribution is 7.99. The van der Waals surface area contributed by atoms with E-state index < -0.39 is 11.7 Å². The van der Waals surface area contributed by atoms with Gasteiger partial charge < -0.3 is 20.8 Å². The van der Waals surface area contributed by atoms with E-state index in [0.29, 0.717) is 19.0 Å². The van der Waals surface area contributed by atoms with Crippen LogP contribution in [0, 0.1) is 0 Å². The average Bonchev–Trinajstić information content (AvgIpc) is 3.21. The molecule has 2 aromatic rings. The number of nitrogens with one attached hydrogen (secondary N) is 2. The van der Waals surface area contributed by atoms with Crippen molar-refractivity contribution < 1.29 is 10.2 Å². The van der Waals surface area contributed by atoms with Gasteiger partial charge in [-0.25, -0.2) is 0 Å². The van der Waals surface area contributed by atoms with Crippen molar-refractivity contribution in [1.82, 2.24) is 10.6 Å². The van der Waals surface area contributed by atoms with Crippen LogP contribution in [0.25, 0.3) is 10.1 Å². The van der Waals surface area contributed by atoms with E-state index in [1.165, 1.54) is 4.70 Å². The Morgan fingerprint density at radius 1 is 1.38 bits per heavy atom. The largest absolute Gasteiger partial charge is 0.387 e. The standard InChI is InChI=1S/C17H23N3O2S2/c1-18-16(20-10-17(22)6-7-23-11-17)19-9-13(21)15-8-12-4-2-3-5-14(12)24-15/h2-5,8,13,21-22H,6-7,9-11H2,1H3,(H2,18,19,20). The second-order valence-electron chi connectivity index (χ2n) is 6.04. The van der Waals surface area contributed by atoms with Crippen LogP contribution >= 0.6 is 23.1 Å². The molecule has 130 valence electrons. The Morgan fingerprint density at radius 3 is 2.92 bits per heavy atom. The zero-order valence-corrected chi connectivity index (χ0v) is 15.3. The molecule has 2 unspecified atom stereocenters. The average molecular weight is 366 g/mol. The van der Waals surface area contributed by atoms with Crippen LogP contribution in [0.3, 0.4) is 0 Å². The van der Waals surface area contributed by atoms with Crippen molar-refractivity contribution >= 4 is 39.1 Å². The minimum atomic E-state index is -0.660. The van der Waals surface area contributed by atoms with Gasteiger partial charge in [0.1, 0.15) is 6.10 Å². The van der Waals surface area contributed by atoms with Crippen molar-refractivity contribution in [2.24, 2.45) is 4.99 Å². The van der Waals surface area contributed by atoms with E-state index in [1.54, 1.807) is 30.1 Å². The molecule has 0 aliphatic carbocycles. The van der Waals surface area contributed by atoms with Gasteiger partial charge in [0, 0.05) is 35.5 Å². The van der Waals surface area contributed by atoms with E-state index in [2.05, 4.69) is 27.8 Å². The fourth-order valence-electron chi connectivity index (χ4n) is 2.67. The van der Waals surface area contributed by atoms with Gasteiger partial charge in [0.05, 0.1) is 5.60 Å². The summed E-state index contributed by atoms with van der Waals surface area (Å²) < 4.78 is 1.18. The molecule has 1 saturated heterocycles. The monoisotopic (exact) mass is 365 g/mol. The van der Waals surface area contributed by atoms with Gasteiger partial charge in [-0.3, -0.25) is 4.99 Å². The van der Waals surface area contributed by atoms with Gasteiger partial charge in [0.2, 0.25) is 0 Å². The highest BCUT2D eigenvalue weighted by atomic mass is 32.2. The second-order valence-corrected chi connectivity index (χ2v) is 8.26. The number of thioether (sulfide) groups is 1. The second kappa shape index (κ2) is 7.74. The molecule has 1 aliphatic heterocycles. The van der Waals surface area contributed by atoms with Gasteiger partial charge >= 0.3 is 0 Å². The number of benzene rings is 1. The van der Waals surface area contributed by atoms with E-state index in [1.807, 2.05) is 18.2 Å². The maximum Gasteiger partial charge on any atom is 0.191 e. The highest BCUT2D eigenvalue weighted by Crippen LogP contribution is 2.29. The van der Waals surface area contributed by atoms with Crippen LogP contribution in [0.2, 0.25) is 0 Å². The van der Waals surface area contributed by atoms with Crippen molar-refractivity contribution in [1.29, 1.82) is 0 Å². The molecule has 1 fully saturated rings. The van der Waals surface area contributed by atoms with Gasteiger partial charge in [0.15, 0.2) is 5.96 Å². The predicted octanol–water partition coefficient (Wildman–Crippen LogP) is 1.97. The molecule has 0 saturated carbocycles. The first kappa shape index (κ1) is 17.5. The molecule has 0 spiro atoms. The van der Waals surface area contributed by atoms with E-state index in [0.717, 1.165) is 28.2 Å². The fourth-order valence-corrected chi connectivity index (χ4v) is 5.01. The number of aliphatic hydroxyl groups is 2. The summed E-state index contributed by atoms with van der Waals surface area (Å²) in [6.07, 6.45) is 0.206. The molecular weight excluding hydrogens is 342 g/mol. The molecule has 2 atom stereocenters. The SMILES string of the molecule is CN=C(NCC(O)c1cc2ccccc2s1)NCC1(O)CCSC1. The third kappa shape index (κ3) is 4.22. The van der Waals surface area contributed by atoms with E-state index >= 15 is 0 Å². The number of guanidine groups is 1. The quantitative estimate of drug-likeness (QED) is 0.481. The minimum Gasteiger partial charge on any atom is -0.387 e. The third-order valence-corrected chi connectivity index (χ3v) is 6.58. The number of hydrogen-bond donors (Lipinski definition) is 4.